The Balaban J connectivity index is 2.19. The zero-order valence-electron chi connectivity index (χ0n) is 10.3. The summed E-state index contributed by atoms with van der Waals surface area (Å²) in [5.74, 6) is 0. The third kappa shape index (κ3) is 4.78. The average Bonchev–Trinajstić information content (AvgIpc) is 2.29. The van der Waals surface area contributed by atoms with Gasteiger partial charge in [-0.1, -0.05) is 12.8 Å². The van der Waals surface area contributed by atoms with Crippen LogP contribution in [0.25, 0.3) is 0 Å². The monoisotopic (exact) mass is 232 g/mol. The van der Waals surface area contributed by atoms with Gasteiger partial charge in [-0.05, 0) is 26.7 Å². The fourth-order valence-electron chi connectivity index (χ4n) is 1.93. The highest BCUT2D eigenvalue weighted by Crippen LogP contribution is 2.22. The Hall–Kier alpha value is -0.160. The van der Waals surface area contributed by atoms with Gasteiger partial charge in [0.1, 0.15) is 0 Å². The number of ether oxygens (including phenoxy) is 2. The van der Waals surface area contributed by atoms with Crippen LogP contribution in [0.4, 0.5) is 0 Å². The normalized spacial score (nSPS) is 30.0. The molecule has 1 aliphatic rings. The van der Waals surface area contributed by atoms with E-state index in [9.17, 15) is 5.11 Å². The van der Waals surface area contributed by atoms with E-state index in [2.05, 4.69) is 0 Å². The molecule has 0 aliphatic heterocycles. The molecule has 0 heterocycles. The first kappa shape index (κ1) is 13.9. The maximum absolute atomic E-state index is 9.74. The van der Waals surface area contributed by atoms with Crippen molar-refractivity contribution in [3.63, 3.8) is 0 Å². The number of aliphatic hydroxyl groups is 2. The van der Waals surface area contributed by atoms with Crippen molar-refractivity contribution in [2.24, 2.45) is 0 Å². The maximum Gasteiger partial charge on any atom is 0.0838 e. The summed E-state index contributed by atoms with van der Waals surface area (Å²) in [6.07, 6.45) is 3.43. The highest BCUT2D eigenvalue weighted by molar-refractivity contribution is 4.75. The molecule has 4 nitrogen and oxygen atoms in total. The summed E-state index contributed by atoms with van der Waals surface area (Å²) in [5, 5.41) is 18.5. The molecule has 4 atom stereocenters. The van der Waals surface area contributed by atoms with Crippen molar-refractivity contribution < 1.29 is 19.7 Å². The van der Waals surface area contributed by atoms with Crippen molar-refractivity contribution in [1.82, 2.24) is 0 Å². The van der Waals surface area contributed by atoms with E-state index in [4.69, 9.17) is 14.6 Å². The first-order chi connectivity index (χ1) is 7.63. The van der Waals surface area contributed by atoms with Crippen LogP contribution in [-0.4, -0.2) is 47.8 Å². The summed E-state index contributed by atoms with van der Waals surface area (Å²) in [6.45, 7) is 4.25. The Morgan fingerprint density at radius 2 is 1.88 bits per heavy atom. The van der Waals surface area contributed by atoms with E-state index < -0.39 is 0 Å². The van der Waals surface area contributed by atoms with E-state index in [0.29, 0.717) is 6.61 Å². The van der Waals surface area contributed by atoms with Crippen LogP contribution in [0, 0.1) is 0 Å². The molecule has 0 saturated heterocycles. The van der Waals surface area contributed by atoms with Gasteiger partial charge in [0.2, 0.25) is 0 Å². The molecule has 2 N–H and O–H groups in total. The standard InChI is InChI=1S/C12H24O4/c1-9(7-13)15-8-10(2)16-12-6-4-3-5-11(12)14/h9-14H,3-8H2,1-2H3. The molecule has 0 aromatic carbocycles. The minimum absolute atomic E-state index is 0.0266. The molecule has 16 heavy (non-hydrogen) atoms. The van der Waals surface area contributed by atoms with Gasteiger partial charge in [0.05, 0.1) is 37.6 Å². The largest absolute Gasteiger partial charge is 0.394 e. The van der Waals surface area contributed by atoms with Crippen molar-refractivity contribution in [1.29, 1.82) is 0 Å². The first-order valence-corrected chi connectivity index (χ1v) is 6.19. The Kier molecular flexibility index (Phi) is 6.28. The lowest BCUT2D eigenvalue weighted by molar-refractivity contribution is -0.118. The molecule has 0 spiro atoms. The third-order valence-corrected chi connectivity index (χ3v) is 2.95. The van der Waals surface area contributed by atoms with E-state index in [1.165, 1.54) is 0 Å². The molecule has 0 aromatic rings. The summed E-state index contributed by atoms with van der Waals surface area (Å²) in [4.78, 5) is 0. The molecule has 0 bridgehead atoms. The lowest BCUT2D eigenvalue weighted by Crippen LogP contribution is -2.36. The summed E-state index contributed by atoms with van der Waals surface area (Å²) < 4.78 is 11.1. The first-order valence-electron chi connectivity index (χ1n) is 6.19. The second kappa shape index (κ2) is 7.22. The number of rotatable bonds is 6. The van der Waals surface area contributed by atoms with Crippen molar-refractivity contribution in [3.05, 3.63) is 0 Å². The quantitative estimate of drug-likeness (QED) is 0.720. The Morgan fingerprint density at radius 1 is 1.19 bits per heavy atom. The molecule has 4 unspecified atom stereocenters. The van der Waals surface area contributed by atoms with E-state index in [-0.39, 0.29) is 31.0 Å². The Bertz CT molecular complexity index is 186. The van der Waals surface area contributed by atoms with E-state index in [0.717, 1.165) is 25.7 Å². The molecule has 0 radical (unpaired) electrons. The zero-order chi connectivity index (χ0) is 12.0. The van der Waals surface area contributed by atoms with Crippen molar-refractivity contribution in [3.8, 4) is 0 Å². The fraction of sp³-hybridized carbons (Fsp3) is 1.00. The van der Waals surface area contributed by atoms with Gasteiger partial charge in [-0.15, -0.1) is 0 Å². The summed E-state index contributed by atoms with van der Waals surface area (Å²) >= 11 is 0. The van der Waals surface area contributed by atoms with Gasteiger partial charge < -0.3 is 19.7 Å². The van der Waals surface area contributed by atoms with E-state index >= 15 is 0 Å². The molecule has 96 valence electrons. The number of hydrogen-bond acceptors (Lipinski definition) is 4. The lowest BCUT2D eigenvalue weighted by atomic mass is 9.95. The van der Waals surface area contributed by atoms with Crippen LogP contribution in [-0.2, 0) is 9.47 Å². The molecule has 1 fully saturated rings. The predicted molar refractivity (Wildman–Crippen MR) is 61.3 cm³/mol. The van der Waals surface area contributed by atoms with E-state index in [1.807, 2.05) is 13.8 Å². The third-order valence-electron chi connectivity index (χ3n) is 2.95. The number of hydrogen-bond donors (Lipinski definition) is 2. The smallest absolute Gasteiger partial charge is 0.0838 e. The molecule has 1 aliphatic carbocycles. The Morgan fingerprint density at radius 3 is 2.50 bits per heavy atom. The van der Waals surface area contributed by atoms with Gasteiger partial charge in [-0.25, -0.2) is 0 Å². The van der Waals surface area contributed by atoms with Gasteiger partial charge in [-0.3, -0.25) is 0 Å². The van der Waals surface area contributed by atoms with Crippen molar-refractivity contribution in [2.75, 3.05) is 13.2 Å². The topological polar surface area (TPSA) is 58.9 Å². The van der Waals surface area contributed by atoms with Crippen LogP contribution in [0.2, 0.25) is 0 Å². The van der Waals surface area contributed by atoms with Crippen LogP contribution in [0.3, 0.4) is 0 Å². The van der Waals surface area contributed by atoms with Crippen molar-refractivity contribution >= 4 is 0 Å². The summed E-state index contributed by atoms with van der Waals surface area (Å²) in [6, 6.07) is 0. The van der Waals surface area contributed by atoms with Gasteiger partial charge in [0.25, 0.3) is 0 Å². The minimum atomic E-state index is -0.327. The SMILES string of the molecule is CC(CO)OCC(C)OC1CCCCC1O. The second-order valence-corrected chi connectivity index (χ2v) is 4.66. The molecule has 4 heteroatoms. The molecule has 1 saturated carbocycles. The fourth-order valence-corrected chi connectivity index (χ4v) is 1.93. The average molecular weight is 232 g/mol. The highest BCUT2D eigenvalue weighted by Gasteiger charge is 2.25. The van der Waals surface area contributed by atoms with E-state index in [1.54, 1.807) is 0 Å². The highest BCUT2D eigenvalue weighted by atomic mass is 16.6. The van der Waals surface area contributed by atoms with Crippen LogP contribution in [0.15, 0.2) is 0 Å². The number of aliphatic hydroxyl groups excluding tert-OH is 2. The molecule has 0 aromatic heterocycles. The van der Waals surface area contributed by atoms with Crippen LogP contribution >= 0.6 is 0 Å². The molecule has 1 rings (SSSR count). The van der Waals surface area contributed by atoms with Crippen LogP contribution < -0.4 is 0 Å². The van der Waals surface area contributed by atoms with Gasteiger partial charge in [0, 0.05) is 0 Å². The van der Waals surface area contributed by atoms with Crippen LogP contribution in [0.1, 0.15) is 39.5 Å². The predicted octanol–water partition coefficient (Wildman–Crippen LogP) is 1.09. The van der Waals surface area contributed by atoms with Crippen LogP contribution in [0.5, 0.6) is 0 Å². The molecule has 0 amide bonds. The summed E-state index contributed by atoms with van der Waals surface area (Å²) in [7, 11) is 0. The molecular weight excluding hydrogens is 208 g/mol. The zero-order valence-corrected chi connectivity index (χ0v) is 10.3. The maximum atomic E-state index is 9.74. The Labute approximate surface area is 97.6 Å². The van der Waals surface area contributed by atoms with Gasteiger partial charge in [-0.2, -0.15) is 0 Å². The minimum Gasteiger partial charge on any atom is -0.394 e. The van der Waals surface area contributed by atoms with Crippen molar-refractivity contribution in [2.45, 2.75) is 63.9 Å². The van der Waals surface area contributed by atoms with Gasteiger partial charge >= 0.3 is 0 Å². The molecular formula is C12H24O4. The van der Waals surface area contributed by atoms with Gasteiger partial charge in [0.15, 0.2) is 0 Å². The summed E-state index contributed by atoms with van der Waals surface area (Å²) in [5.41, 5.74) is 0. The lowest BCUT2D eigenvalue weighted by Gasteiger charge is -2.30. The second-order valence-electron chi connectivity index (χ2n) is 4.66.